The van der Waals surface area contributed by atoms with Crippen molar-refractivity contribution in [1.82, 2.24) is 9.80 Å². The van der Waals surface area contributed by atoms with Gasteiger partial charge in [0.25, 0.3) is 0 Å². The molecule has 1 fully saturated rings. The molecule has 2 aromatic rings. The second kappa shape index (κ2) is 13.0. The van der Waals surface area contributed by atoms with Gasteiger partial charge in [0.1, 0.15) is 17.2 Å². The third-order valence-electron chi connectivity index (χ3n) is 7.89. The molecule has 0 spiro atoms. The number of anilines is 1. The molecule has 2 aromatic carbocycles. The van der Waals surface area contributed by atoms with Crippen LogP contribution in [0.1, 0.15) is 73.6 Å². The smallest absolute Gasteiger partial charge is 0.415 e. The van der Waals surface area contributed by atoms with Crippen molar-refractivity contribution in [2.75, 3.05) is 37.8 Å². The molecule has 2 aliphatic rings. The highest BCUT2D eigenvalue weighted by atomic mass is 19.4. The Morgan fingerprint density at radius 1 is 1.09 bits per heavy atom. The summed E-state index contributed by atoms with van der Waals surface area (Å²) < 4.78 is 91.8. The average Bonchev–Trinajstić information content (AvgIpc) is 3.34. The van der Waals surface area contributed by atoms with E-state index >= 15 is 8.78 Å². The number of likely N-dealkylation sites (tertiary alicyclic amines) is 1. The van der Waals surface area contributed by atoms with Crippen LogP contribution in [-0.2, 0) is 11.2 Å². The number of ether oxygens (including phenoxy) is 1. The summed E-state index contributed by atoms with van der Waals surface area (Å²) in [6, 6.07) is 2.72. The SMILES string of the molecule is C[C@@H]1Cc2cc(C(=O)O)ccc2[C@@H](c2c(F)cc(N(C(=O)OC(C)(C)C)[C@H]3CCN(CCCF)C3)cc2F)N1CC(F)(F)F. The fourth-order valence-electron chi connectivity index (χ4n) is 6.08. The minimum absolute atomic E-state index is 0.0391. The maximum Gasteiger partial charge on any atom is 0.415 e. The Kier molecular flexibility index (Phi) is 9.89. The Balaban J connectivity index is 1.81. The molecule has 44 heavy (non-hydrogen) atoms. The number of nitrogens with zero attached hydrogens (tertiary/aromatic N) is 3. The number of carboxylic acid groups (broad SMARTS) is 1. The minimum atomic E-state index is -4.69. The number of aromatic carboxylic acids is 1. The van der Waals surface area contributed by atoms with Crippen LogP contribution in [0.15, 0.2) is 30.3 Å². The molecule has 1 saturated heterocycles. The first-order valence-corrected chi connectivity index (χ1v) is 14.5. The summed E-state index contributed by atoms with van der Waals surface area (Å²) in [5.41, 5.74) is -1.31. The van der Waals surface area contributed by atoms with E-state index in [9.17, 15) is 32.3 Å². The van der Waals surface area contributed by atoms with Gasteiger partial charge < -0.3 is 14.7 Å². The summed E-state index contributed by atoms with van der Waals surface area (Å²) in [6.45, 7) is 5.71. The fourth-order valence-corrected chi connectivity index (χ4v) is 6.08. The van der Waals surface area contributed by atoms with Gasteiger partial charge in [-0.05, 0) is 82.3 Å². The van der Waals surface area contributed by atoms with E-state index in [2.05, 4.69) is 0 Å². The zero-order valence-electron chi connectivity index (χ0n) is 25.1. The van der Waals surface area contributed by atoms with Crippen LogP contribution in [0, 0.1) is 11.6 Å². The van der Waals surface area contributed by atoms with E-state index in [0.29, 0.717) is 38.0 Å². The quantitative estimate of drug-likeness (QED) is 0.327. The summed E-state index contributed by atoms with van der Waals surface area (Å²) in [6.07, 6.45) is -4.78. The number of halogens is 6. The van der Waals surface area contributed by atoms with Crippen molar-refractivity contribution < 1.29 is 45.8 Å². The molecule has 0 bridgehead atoms. The number of hydrogen-bond acceptors (Lipinski definition) is 5. The van der Waals surface area contributed by atoms with Crippen LogP contribution >= 0.6 is 0 Å². The van der Waals surface area contributed by atoms with E-state index in [4.69, 9.17) is 4.74 Å². The molecule has 4 rings (SSSR count). The zero-order valence-corrected chi connectivity index (χ0v) is 25.1. The number of fused-ring (bicyclic) bond motifs is 1. The van der Waals surface area contributed by atoms with Gasteiger partial charge in [-0.2, -0.15) is 13.2 Å². The maximum absolute atomic E-state index is 16.1. The van der Waals surface area contributed by atoms with Crippen LogP contribution in [0.25, 0.3) is 0 Å². The van der Waals surface area contributed by atoms with Crippen LogP contribution in [-0.4, -0.2) is 83.7 Å². The number of hydrogen-bond donors (Lipinski definition) is 1. The van der Waals surface area contributed by atoms with Gasteiger partial charge in [-0.3, -0.25) is 14.2 Å². The van der Waals surface area contributed by atoms with Crippen LogP contribution in [0.4, 0.5) is 36.8 Å². The highest BCUT2D eigenvalue weighted by Crippen LogP contribution is 2.43. The number of rotatable bonds is 8. The van der Waals surface area contributed by atoms with Crippen LogP contribution < -0.4 is 4.90 Å². The van der Waals surface area contributed by atoms with E-state index in [1.165, 1.54) is 25.1 Å². The van der Waals surface area contributed by atoms with E-state index < -0.39 is 72.4 Å². The molecule has 242 valence electrons. The highest BCUT2D eigenvalue weighted by Gasteiger charge is 2.43. The lowest BCUT2D eigenvalue weighted by Crippen LogP contribution is -2.48. The molecule has 0 aliphatic carbocycles. The second-order valence-corrected chi connectivity index (χ2v) is 12.4. The molecule has 0 unspecified atom stereocenters. The van der Waals surface area contributed by atoms with Crippen molar-refractivity contribution in [2.24, 2.45) is 0 Å². The predicted octanol–water partition coefficient (Wildman–Crippen LogP) is 6.74. The Morgan fingerprint density at radius 3 is 2.32 bits per heavy atom. The topological polar surface area (TPSA) is 73.3 Å². The van der Waals surface area contributed by atoms with Gasteiger partial charge >= 0.3 is 18.2 Å². The van der Waals surface area contributed by atoms with E-state index in [1.807, 2.05) is 4.90 Å². The zero-order chi connectivity index (χ0) is 32.6. The highest BCUT2D eigenvalue weighted by molar-refractivity contribution is 5.89. The Bertz CT molecular complexity index is 1360. The van der Waals surface area contributed by atoms with Crippen LogP contribution in [0.3, 0.4) is 0 Å². The summed E-state index contributed by atoms with van der Waals surface area (Å²) >= 11 is 0. The van der Waals surface area contributed by atoms with E-state index in [-0.39, 0.29) is 23.2 Å². The summed E-state index contributed by atoms with van der Waals surface area (Å²) in [4.78, 5) is 29.0. The van der Waals surface area contributed by atoms with E-state index in [0.717, 1.165) is 21.9 Å². The molecule has 0 aromatic heterocycles. The monoisotopic (exact) mass is 629 g/mol. The number of carbonyl (C=O) groups is 2. The Hall–Kier alpha value is -3.32. The first-order valence-electron chi connectivity index (χ1n) is 14.5. The molecule has 2 heterocycles. The predicted molar refractivity (Wildman–Crippen MR) is 152 cm³/mol. The fraction of sp³-hybridized carbons (Fsp3) is 0.548. The molecule has 7 nitrogen and oxygen atoms in total. The third-order valence-corrected chi connectivity index (χ3v) is 7.89. The number of carboxylic acids is 1. The van der Waals surface area contributed by atoms with Gasteiger partial charge in [-0.25, -0.2) is 18.4 Å². The first kappa shape index (κ1) is 33.6. The first-order chi connectivity index (χ1) is 20.5. The standard InChI is InChI=1S/C31H37F6N3O4/c1-18-12-20-13-19(28(41)42)6-7-23(20)27(39(18)17-31(35,36)37)26-24(33)14-22(15-25(26)34)40(29(43)44-30(2,3)4)21-8-11-38(16-21)10-5-9-32/h6-7,13-15,18,21,27H,5,8-12,16-17H2,1-4H3,(H,41,42)/t18-,21+,27+/m1/s1. The molecule has 0 saturated carbocycles. The molecular weight excluding hydrogens is 592 g/mol. The lowest BCUT2D eigenvalue weighted by Gasteiger charge is -2.43. The van der Waals surface area contributed by atoms with Crippen molar-refractivity contribution in [3.8, 4) is 0 Å². The molecule has 1 N–H and O–H groups in total. The average molecular weight is 630 g/mol. The van der Waals surface area contributed by atoms with Gasteiger partial charge in [0.05, 0.1) is 36.6 Å². The molecular formula is C31H37F6N3O4. The Labute approximate surface area is 252 Å². The van der Waals surface area contributed by atoms with Gasteiger partial charge in [0.15, 0.2) is 0 Å². The minimum Gasteiger partial charge on any atom is -0.478 e. The van der Waals surface area contributed by atoms with Crippen molar-refractivity contribution in [3.05, 3.63) is 64.2 Å². The number of alkyl halides is 4. The lowest BCUT2D eigenvalue weighted by atomic mass is 9.83. The van der Waals surface area contributed by atoms with Crippen molar-refractivity contribution in [2.45, 2.75) is 76.9 Å². The van der Waals surface area contributed by atoms with Crippen LogP contribution in [0.5, 0.6) is 0 Å². The third kappa shape index (κ3) is 7.66. The Morgan fingerprint density at radius 2 is 1.75 bits per heavy atom. The van der Waals surface area contributed by atoms with Gasteiger partial charge in [0, 0.05) is 31.2 Å². The summed E-state index contributed by atoms with van der Waals surface area (Å²) in [5, 5.41) is 9.43. The van der Waals surface area contributed by atoms with Crippen molar-refractivity contribution >= 4 is 17.7 Å². The molecule has 13 heteroatoms. The lowest BCUT2D eigenvalue weighted by molar-refractivity contribution is -0.155. The molecule has 1 amide bonds. The molecule has 0 radical (unpaired) electrons. The maximum atomic E-state index is 16.1. The van der Waals surface area contributed by atoms with Gasteiger partial charge in [-0.15, -0.1) is 0 Å². The van der Waals surface area contributed by atoms with Crippen molar-refractivity contribution in [3.63, 3.8) is 0 Å². The van der Waals surface area contributed by atoms with Crippen molar-refractivity contribution in [1.29, 1.82) is 0 Å². The number of carbonyl (C=O) groups excluding carboxylic acids is 1. The molecule has 2 aliphatic heterocycles. The summed E-state index contributed by atoms with van der Waals surface area (Å²) in [7, 11) is 0. The summed E-state index contributed by atoms with van der Waals surface area (Å²) in [5.74, 6) is -3.57. The number of amides is 1. The van der Waals surface area contributed by atoms with Gasteiger partial charge in [-0.1, -0.05) is 6.07 Å². The van der Waals surface area contributed by atoms with Crippen LogP contribution in [0.2, 0.25) is 0 Å². The van der Waals surface area contributed by atoms with Gasteiger partial charge in [0.2, 0.25) is 0 Å². The molecule has 3 atom stereocenters. The largest absolute Gasteiger partial charge is 0.478 e. The van der Waals surface area contributed by atoms with E-state index in [1.54, 1.807) is 20.8 Å². The normalized spacial score (nSPS) is 21.3. The number of benzene rings is 2. The second-order valence-electron chi connectivity index (χ2n) is 12.4.